The van der Waals surface area contributed by atoms with E-state index in [2.05, 4.69) is 39.9 Å². The van der Waals surface area contributed by atoms with Gasteiger partial charge in [0, 0.05) is 25.5 Å². The third-order valence-corrected chi connectivity index (χ3v) is 5.38. The Labute approximate surface area is 182 Å². The molecule has 0 aliphatic rings. The number of hydrogen-bond acceptors (Lipinski definition) is 6. The summed E-state index contributed by atoms with van der Waals surface area (Å²) >= 11 is 0. The Bertz CT molecular complexity index is 1190. The van der Waals surface area contributed by atoms with Crippen molar-refractivity contribution in [1.29, 1.82) is 0 Å². The lowest BCUT2D eigenvalue weighted by Crippen LogP contribution is -2.09. The van der Waals surface area contributed by atoms with Crippen LogP contribution >= 0.6 is 0 Å². The smallest absolute Gasteiger partial charge is 0.222 e. The molecule has 1 atom stereocenters. The van der Waals surface area contributed by atoms with Crippen LogP contribution in [0.25, 0.3) is 22.3 Å². The highest BCUT2D eigenvalue weighted by Crippen LogP contribution is 2.35. The van der Waals surface area contributed by atoms with E-state index in [-0.39, 0.29) is 6.04 Å². The van der Waals surface area contributed by atoms with Gasteiger partial charge in [0.1, 0.15) is 11.0 Å². The van der Waals surface area contributed by atoms with Crippen LogP contribution in [0.1, 0.15) is 44.6 Å². The monoisotopic (exact) mass is 419 g/mol. The van der Waals surface area contributed by atoms with Gasteiger partial charge >= 0.3 is 0 Å². The predicted molar refractivity (Wildman–Crippen MR) is 122 cm³/mol. The number of rotatable bonds is 8. The quantitative estimate of drug-likeness (QED) is 0.452. The molecule has 0 saturated carbocycles. The van der Waals surface area contributed by atoms with Gasteiger partial charge in [-0.25, -0.2) is 15.0 Å². The number of pyridine rings is 2. The maximum absolute atomic E-state index is 5.76. The summed E-state index contributed by atoms with van der Waals surface area (Å²) in [5, 5.41) is 8.40. The molecule has 8 heteroatoms. The van der Waals surface area contributed by atoms with E-state index in [1.807, 2.05) is 50.1 Å². The van der Waals surface area contributed by atoms with E-state index in [0.717, 1.165) is 45.8 Å². The Balaban J connectivity index is 1.87. The highest BCUT2D eigenvalue weighted by molar-refractivity contribution is 5.93. The number of ether oxygens (including phenoxy) is 1. The first kappa shape index (κ1) is 20.8. The molecule has 0 saturated heterocycles. The van der Waals surface area contributed by atoms with Crippen molar-refractivity contribution in [1.82, 2.24) is 29.3 Å². The molecule has 4 aromatic heterocycles. The lowest BCUT2D eigenvalue weighted by atomic mass is 10.1. The number of nitrogens with one attached hydrogen (secondary N) is 1. The van der Waals surface area contributed by atoms with Gasteiger partial charge in [0.15, 0.2) is 0 Å². The summed E-state index contributed by atoms with van der Waals surface area (Å²) in [5.74, 6) is 0.583. The third-order valence-electron chi connectivity index (χ3n) is 5.38. The van der Waals surface area contributed by atoms with Crippen LogP contribution in [0.2, 0.25) is 0 Å². The van der Waals surface area contributed by atoms with Crippen LogP contribution in [0, 0.1) is 6.92 Å². The molecule has 162 valence electrons. The van der Waals surface area contributed by atoms with Crippen molar-refractivity contribution in [2.45, 2.75) is 46.7 Å². The zero-order chi connectivity index (χ0) is 22.0. The second kappa shape index (κ2) is 8.75. The van der Waals surface area contributed by atoms with E-state index in [9.17, 15) is 0 Å². The number of nitrogens with zero attached hydrogens (tertiary/aromatic N) is 6. The molecule has 1 unspecified atom stereocenters. The van der Waals surface area contributed by atoms with Crippen molar-refractivity contribution in [3.63, 3.8) is 0 Å². The summed E-state index contributed by atoms with van der Waals surface area (Å²) in [7, 11) is 1.97. The van der Waals surface area contributed by atoms with Crippen LogP contribution in [-0.4, -0.2) is 35.9 Å². The molecule has 31 heavy (non-hydrogen) atoms. The summed E-state index contributed by atoms with van der Waals surface area (Å²) < 4.78 is 9.79. The number of aromatic nitrogens is 6. The Morgan fingerprint density at radius 2 is 2.06 bits per heavy atom. The van der Waals surface area contributed by atoms with Crippen LogP contribution in [0.4, 0.5) is 5.69 Å². The van der Waals surface area contributed by atoms with Gasteiger partial charge in [0.2, 0.25) is 5.88 Å². The van der Waals surface area contributed by atoms with Crippen molar-refractivity contribution in [3.05, 3.63) is 48.3 Å². The molecular formula is C23H29N7O. The fraction of sp³-hybridized carbons (Fsp3) is 0.391. The number of fused-ring (bicyclic) bond motifs is 1. The van der Waals surface area contributed by atoms with Crippen LogP contribution in [0.3, 0.4) is 0 Å². The van der Waals surface area contributed by atoms with Crippen molar-refractivity contribution >= 4 is 16.7 Å². The second-order valence-corrected chi connectivity index (χ2v) is 7.71. The Hall–Kier alpha value is -3.42. The molecule has 0 bridgehead atoms. The van der Waals surface area contributed by atoms with Gasteiger partial charge in [-0.1, -0.05) is 6.92 Å². The normalized spacial score (nSPS) is 12.3. The van der Waals surface area contributed by atoms with Gasteiger partial charge in [-0.15, -0.1) is 0 Å². The minimum absolute atomic E-state index is 0.261. The minimum Gasteiger partial charge on any atom is -0.477 e. The molecule has 0 radical (unpaired) electrons. The molecule has 0 amide bonds. The number of imidazole rings is 1. The molecule has 0 aliphatic carbocycles. The van der Waals surface area contributed by atoms with Crippen molar-refractivity contribution in [3.8, 4) is 17.1 Å². The number of anilines is 1. The van der Waals surface area contributed by atoms with E-state index < -0.39 is 0 Å². The molecule has 4 aromatic rings. The standard InChI is InChI=1S/C23H29N7O/c1-6-15(3)30-22-20(25-12-17-13-29(5)14-26-17)11-19(27-21(22)16(4)28-30)18-9-8-10-24-23(18)31-7-2/h8-11,13-15H,6-7,12H2,1-5H3,(H,25,27). The zero-order valence-corrected chi connectivity index (χ0v) is 18.8. The fourth-order valence-electron chi connectivity index (χ4n) is 3.63. The summed E-state index contributed by atoms with van der Waals surface area (Å²) in [4.78, 5) is 13.8. The largest absolute Gasteiger partial charge is 0.477 e. The highest BCUT2D eigenvalue weighted by Gasteiger charge is 2.20. The summed E-state index contributed by atoms with van der Waals surface area (Å²) in [5.41, 5.74) is 6.40. The maximum Gasteiger partial charge on any atom is 0.222 e. The van der Waals surface area contributed by atoms with Gasteiger partial charge in [0.05, 0.1) is 47.8 Å². The van der Waals surface area contributed by atoms with Crippen molar-refractivity contribution in [2.24, 2.45) is 7.05 Å². The SMILES string of the molecule is CCOc1ncccc1-c1cc(NCc2cn(C)cn2)c2c(n1)c(C)nn2C(C)CC. The summed E-state index contributed by atoms with van der Waals surface area (Å²) in [6, 6.07) is 6.21. The first-order valence-electron chi connectivity index (χ1n) is 10.7. The van der Waals surface area contributed by atoms with Gasteiger partial charge in [-0.2, -0.15) is 5.10 Å². The van der Waals surface area contributed by atoms with Crippen molar-refractivity contribution < 1.29 is 4.74 Å². The molecule has 8 nitrogen and oxygen atoms in total. The molecule has 0 fully saturated rings. The van der Waals surface area contributed by atoms with Crippen LogP contribution < -0.4 is 10.1 Å². The maximum atomic E-state index is 5.76. The second-order valence-electron chi connectivity index (χ2n) is 7.71. The van der Waals surface area contributed by atoms with Gasteiger partial charge < -0.3 is 14.6 Å². The van der Waals surface area contributed by atoms with Crippen LogP contribution in [0.5, 0.6) is 5.88 Å². The van der Waals surface area contributed by atoms with Crippen LogP contribution in [-0.2, 0) is 13.6 Å². The highest BCUT2D eigenvalue weighted by atomic mass is 16.5. The molecule has 0 spiro atoms. The van der Waals surface area contributed by atoms with Gasteiger partial charge in [-0.05, 0) is 45.4 Å². The first-order valence-corrected chi connectivity index (χ1v) is 10.7. The average Bonchev–Trinajstić information content (AvgIpc) is 3.35. The number of hydrogen-bond donors (Lipinski definition) is 1. The molecule has 1 N–H and O–H groups in total. The lowest BCUT2D eigenvalue weighted by Gasteiger charge is -2.16. The zero-order valence-electron chi connectivity index (χ0n) is 18.8. The molecule has 0 aliphatic heterocycles. The van der Waals surface area contributed by atoms with E-state index in [1.54, 1.807) is 6.20 Å². The van der Waals surface area contributed by atoms with Crippen molar-refractivity contribution in [2.75, 3.05) is 11.9 Å². The Morgan fingerprint density at radius 3 is 2.77 bits per heavy atom. The van der Waals surface area contributed by atoms with Gasteiger partial charge in [0.25, 0.3) is 0 Å². The Morgan fingerprint density at radius 1 is 1.23 bits per heavy atom. The minimum atomic E-state index is 0.261. The fourth-order valence-corrected chi connectivity index (χ4v) is 3.63. The van der Waals surface area contributed by atoms with E-state index in [0.29, 0.717) is 19.0 Å². The van der Waals surface area contributed by atoms with E-state index in [4.69, 9.17) is 14.8 Å². The summed E-state index contributed by atoms with van der Waals surface area (Å²) in [6.45, 7) is 9.46. The predicted octanol–water partition coefficient (Wildman–Crippen LogP) is 4.52. The van der Waals surface area contributed by atoms with Crippen LogP contribution in [0.15, 0.2) is 36.9 Å². The molecule has 4 heterocycles. The lowest BCUT2D eigenvalue weighted by molar-refractivity contribution is 0.328. The van der Waals surface area contributed by atoms with E-state index in [1.165, 1.54) is 0 Å². The first-order chi connectivity index (χ1) is 15.0. The molecule has 4 rings (SSSR count). The number of aryl methyl sites for hydroxylation is 2. The topological polar surface area (TPSA) is 82.7 Å². The Kier molecular flexibility index (Phi) is 5.88. The van der Waals surface area contributed by atoms with Gasteiger partial charge in [-0.3, -0.25) is 4.68 Å². The average molecular weight is 420 g/mol. The van der Waals surface area contributed by atoms with E-state index >= 15 is 0 Å². The summed E-state index contributed by atoms with van der Waals surface area (Å²) in [6.07, 6.45) is 6.54. The third kappa shape index (κ3) is 4.10. The molecule has 0 aromatic carbocycles. The molecular weight excluding hydrogens is 390 g/mol.